The van der Waals surface area contributed by atoms with Gasteiger partial charge in [0.05, 0.1) is 6.10 Å². The number of hydrogen-bond acceptors (Lipinski definition) is 4. The summed E-state index contributed by atoms with van der Waals surface area (Å²) in [5.74, 6) is 1.50. The van der Waals surface area contributed by atoms with Crippen molar-refractivity contribution in [3.05, 3.63) is 23.3 Å². The second-order valence-corrected chi connectivity index (χ2v) is 4.14. The van der Waals surface area contributed by atoms with E-state index in [-0.39, 0.29) is 0 Å². The smallest absolute Gasteiger partial charge is 0.161 e. The lowest BCUT2D eigenvalue weighted by atomic mass is 9.97. The van der Waals surface area contributed by atoms with Crippen molar-refractivity contribution in [2.24, 2.45) is 5.73 Å². The molecule has 0 radical (unpaired) electrons. The number of nitrogens with two attached hydrogens (primary N) is 1. The molecule has 17 heavy (non-hydrogen) atoms. The summed E-state index contributed by atoms with van der Waals surface area (Å²) in [6, 6.07) is 3.84. The summed E-state index contributed by atoms with van der Waals surface area (Å²) in [6.45, 7) is 3.68. The van der Waals surface area contributed by atoms with Crippen LogP contribution in [0.1, 0.15) is 30.6 Å². The Morgan fingerprint density at radius 2 is 1.94 bits per heavy atom. The first-order valence-corrected chi connectivity index (χ1v) is 6.06. The van der Waals surface area contributed by atoms with Gasteiger partial charge >= 0.3 is 0 Å². The van der Waals surface area contributed by atoms with Crippen LogP contribution < -0.4 is 15.2 Å². The lowest BCUT2D eigenvalue weighted by molar-refractivity contribution is 0.160. The number of fused-ring (bicyclic) bond motifs is 1. The number of aliphatic hydroxyl groups is 1. The van der Waals surface area contributed by atoms with Gasteiger partial charge in [-0.05, 0) is 42.6 Å². The van der Waals surface area contributed by atoms with Crippen LogP contribution in [0, 0.1) is 0 Å². The van der Waals surface area contributed by atoms with Gasteiger partial charge in [-0.3, -0.25) is 0 Å². The Kier molecular flexibility index (Phi) is 3.86. The molecule has 3 N–H and O–H groups in total. The highest BCUT2D eigenvalue weighted by Crippen LogP contribution is 2.36. The van der Waals surface area contributed by atoms with Gasteiger partial charge in [0.25, 0.3) is 0 Å². The summed E-state index contributed by atoms with van der Waals surface area (Å²) >= 11 is 0. The second kappa shape index (κ2) is 5.38. The van der Waals surface area contributed by atoms with Crippen LogP contribution in [0.5, 0.6) is 11.5 Å². The minimum Gasteiger partial charge on any atom is -0.486 e. The number of hydrogen-bond donors (Lipinski definition) is 2. The predicted molar refractivity (Wildman–Crippen MR) is 65.4 cm³/mol. The highest BCUT2D eigenvalue weighted by molar-refractivity contribution is 5.49. The summed E-state index contributed by atoms with van der Waals surface area (Å²) in [6.07, 6.45) is 0.894. The number of ether oxygens (including phenoxy) is 2. The van der Waals surface area contributed by atoms with E-state index in [1.807, 2.05) is 12.1 Å². The van der Waals surface area contributed by atoms with Gasteiger partial charge in [0, 0.05) is 0 Å². The zero-order chi connectivity index (χ0) is 12.3. The molecule has 1 atom stereocenters. The Bertz CT molecular complexity index is 392. The van der Waals surface area contributed by atoms with Gasteiger partial charge in [-0.2, -0.15) is 0 Å². The number of aliphatic hydroxyl groups excluding tert-OH is 1. The van der Waals surface area contributed by atoms with Crippen molar-refractivity contribution in [1.29, 1.82) is 0 Å². The van der Waals surface area contributed by atoms with Crippen LogP contribution in [-0.4, -0.2) is 24.9 Å². The van der Waals surface area contributed by atoms with Gasteiger partial charge in [-0.1, -0.05) is 6.92 Å². The zero-order valence-corrected chi connectivity index (χ0v) is 10.1. The predicted octanol–water partition coefficient (Wildman–Crippen LogP) is 1.40. The zero-order valence-electron chi connectivity index (χ0n) is 10.1. The first-order chi connectivity index (χ1) is 8.26. The van der Waals surface area contributed by atoms with Crippen LogP contribution in [0.3, 0.4) is 0 Å². The van der Waals surface area contributed by atoms with Crippen molar-refractivity contribution in [2.75, 3.05) is 19.8 Å². The Morgan fingerprint density at radius 1 is 1.29 bits per heavy atom. The standard InChI is InChI=1S/C13H19NO3/c1-2-9-7-12-13(17-6-5-16-12)8-10(9)11(15)3-4-14/h7-8,11,15H,2-6,14H2,1H3. The first kappa shape index (κ1) is 12.2. The third kappa shape index (κ3) is 2.53. The van der Waals surface area contributed by atoms with Crippen molar-refractivity contribution in [3.63, 3.8) is 0 Å². The maximum Gasteiger partial charge on any atom is 0.161 e. The maximum absolute atomic E-state index is 10.1. The van der Waals surface area contributed by atoms with Crippen LogP contribution in [0.15, 0.2) is 12.1 Å². The molecule has 0 spiro atoms. The molecule has 4 nitrogen and oxygen atoms in total. The van der Waals surface area contributed by atoms with Crippen molar-refractivity contribution in [3.8, 4) is 11.5 Å². The van der Waals surface area contributed by atoms with E-state index in [0.29, 0.717) is 26.2 Å². The molecule has 0 saturated heterocycles. The van der Waals surface area contributed by atoms with E-state index in [9.17, 15) is 5.11 Å². The van der Waals surface area contributed by atoms with E-state index < -0.39 is 6.10 Å². The van der Waals surface area contributed by atoms with E-state index in [2.05, 4.69) is 6.92 Å². The molecule has 0 aromatic heterocycles. The molecular weight excluding hydrogens is 218 g/mol. The molecule has 1 heterocycles. The van der Waals surface area contributed by atoms with Crippen LogP contribution in [0.2, 0.25) is 0 Å². The van der Waals surface area contributed by atoms with Gasteiger partial charge in [0.1, 0.15) is 13.2 Å². The fourth-order valence-electron chi connectivity index (χ4n) is 2.08. The third-order valence-corrected chi connectivity index (χ3v) is 2.98. The molecule has 0 amide bonds. The van der Waals surface area contributed by atoms with E-state index in [0.717, 1.165) is 29.0 Å². The lowest BCUT2D eigenvalue weighted by Gasteiger charge is -2.22. The Hall–Kier alpha value is -1.26. The fraction of sp³-hybridized carbons (Fsp3) is 0.538. The first-order valence-electron chi connectivity index (χ1n) is 6.06. The highest BCUT2D eigenvalue weighted by atomic mass is 16.6. The minimum absolute atomic E-state index is 0.471. The second-order valence-electron chi connectivity index (χ2n) is 4.14. The SMILES string of the molecule is CCc1cc2c(cc1C(O)CCN)OCCO2. The molecule has 1 aliphatic rings. The molecule has 0 fully saturated rings. The Balaban J connectivity index is 2.36. The maximum atomic E-state index is 10.1. The van der Waals surface area contributed by atoms with Crippen LogP contribution in [0.25, 0.3) is 0 Å². The number of benzene rings is 1. The summed E-state index contributed by atoms with van der Waals surface area (Å²) in [5.41, 5.74) is 7.48. The van der Waals surface area contributed by atoms with Gasteiger partial charge in [0.2, 0.25) is 0 Å². The van der Waals surface area contributed by atoms with Crippen LogP contribution >= 0.6 is 0 Å². The molecule has 2 rings (SSSR count). The third-order valence-electron chi connectivity index (χ3n) is 2.98. The summed E-state index contributed by atoms with van der Waals surface area (Å²) in [7, 11) is 0. The molecule has 4 heteroatoms. The average Bonchev–Trinajstić information content (AvgIpc) is 2.37. The molecular formula is C13H19NO3. The van der Waals surface area contributed by atoms with Crippen LogP contribution in [-0.2, 0) is 6.42 Å². The topological polar surface area (TPSA) is 64.7 Å². The van der Waals surface area contributed by atoms with E-state index in [1.54, 1.807) is 0 Å². The van der Waals surface area contributed by atoms with Crippen molar-refractivity contribution in [1.82, 2.24) is 0 Å². The quantitative estimate of drug-likeness (QED) is 0.831. The van der Waals surface area contributed by atoms with E-state index in [1.165, 1.54) is 0 Å². The van der Waals surface area contributed by atoms with Crippen molar-refractivity contribution in [2.45, 2.75) is 25.9 Å². The lowest BCUT2D eigenvalue weighted by Crippen LogP contribution is -2.17. The summed E-state index contributed by atoms with van der Waals surface area (Å²) < 4.78 is 11.1. The minimum atomic E-state index is -0.522. The van der Waals surface area contributed by atoms with Gasteiger partial charge in [-0.25, -0.2) is 0 Å². The summed E-state index contributed by atoms with van der Waals surface area (Å²) in [5, 5.41) is 10.1. The molecule has 0 bridgehead atoms. The molecule has 1 aliphatic heterocycles. The van der Waals surface area contributed by atoms with Gasteiger partial charge in [0.15, 0.2) is 11.5 Å². The largest absolute Gasteiger partial charge is 0.486 e. The molecule has 1 unspecified atom stereocenters. The Morgan fingerprint density at radius 3 is 2.53 bits per heavy atom. The van der Waals surface area contributed by atoms with Gasteiger partial charge < -0.3 is 20.3 Å². The number of rotatable bonds is 4. The number of aryl methyl sites for hydroxylation is 1. The normalized spacial score (nSPS) is 15.7. The highest BCUT2D eigenvalue weighted by Gasteiger charge is 2.18. The van der Waals surface area contributed by atoms with Crippen LogP contribution in [0.4, 0.5) is 0 Å². The van der Waals surface area contributed by atoms with Crippen molar-refractivity contribution >= 4 is 0 Å². The van der Waals surface area contributed by atoms with Gasteiger partial charge in [-0.15, -0.1) is 0 Å². The Labute approximate surface area is 101 Å². The molecule has 1 aromatic rings. The average molecular weight is 237 g/mol. The van der Waals surface area contributed by atoms with E-state index >= 15 is 0 Å². The molecule has 94 valence electrons. The summed E-state index contributed by atoms with van der Waals surface area (Å²) in [4.78, 5) is 0. The molecule has 0 saturated carbocycles. The fourth-order valence-corrected chi connectivity index (χ4v) is 2.08. The molecule has 1 aromatic carbocycles. The van der Waals surface area contributed by atoms with E-state index in [4.69, 9.17) is 15.2 Å². The molecule has 0 aliphatic carbocycles. The van der Waals surface area contributed by atoms with Crippen molar-refractivity contribution < 1.29 is 14.6 Å². The monoisotopic (exact) mass is 237 g/mol.